The zero-order valence-electron chi connectivity index (χ0n) is 8.68. The van der Waals surface area contributed by atoms with E-state index < -0.39 is 29.7 Å². The number of halogens is 5. The summed E-state index contributed by atoms with van der Waals surface area (Å²) in [6.45, 7) is -0.381. The molecule has 96 valence electrons. The molecule has 0 spiro atoms. The van der Waals surface area contributed by atoms with Gasteiger partial charge in [-0.2, -0.15) is 13.2 Å². The van der Waals surface area contributed by atoms with Crippen molar-refractivity contribution in [2.45, 2.75) is 19.1 Å². The molecule has 1 aromatic rings. The topological polar surface area (TPSA) is 48.1 Å². The number of hydrogen-bond acceptors (Lipinski definition) is 3. The molecule has 0 unspecified atom stereocenters. The van der Waals surface area contributed by atoms with E-state index in [1.54, 1.807) is 0 Å². The molecule has 8 heteroatoms. The summed E-state index contributed by atoms with van der Waals surface area (Å²) in [4.78, 5) is 3.12. The van der Waals surface area contributed by atoms with Crippen LogP contribution in [0.3, 0.4) is 0 Å². The SMILES string of the molecule is COc1nc(C(F)(F)F)cc(C(F)F)c1CN. The quantitative estimate of drug-likeness (QED) is 0.845. The molecule has 0 aliphatic carbocycles. The van der Waals surface area contributed by atoms with E-state index in [0.29, 0.717) is 0 Å². The van der Waals surface area contributed by atoms with E-state index in [4.69, 9.17) is 5.73 Å². The lowest BCUT2D eigenvalue weighted by Gasteiger charge is -2.14. The fourth-order valence-electron chi connectivity index (χ4n) is 1.28. The molecule has 0 atom stereocenters. The van der Waals surface area contributed by atoms with Crippen LogP contribution in [0.15, 0.2) is 6.07 Å². The third-order valence-corrected chi connectivity index (χ3v) is 2.04. The fraction of sp³-hybridized carbons (Fsp3) is 0.444. The predicted molar refractivity (Wildman–Crippen MR) is 48.6 cm³/mol. The Morgan fingerprint density at radius 3 is 2.35 bits per heavy atom. The maximum absolute atomic E-state index is 12.6. The lowest BCUT2D eigenvalue weighted by Crippen LogP contribution is -2.14. The molecule has 1 aromatic heterocycles. The molecule has 0 saturated carbocycles. The van der Waals surface area contributed by atoms with Gasteiger partial charge in [0.25, 0.3) is 6.43 Å². The Balaban J connectivity index is 3.46. The highest BCUT2D eigenvalue weighted by atomic mass is 19.4. The Labute approximate surface area is 93.4 Å². The highest BCUT2D eigenvalue weighted by molar-refractivity contribution is 5.38. The highest BCUT2D eigenvalue weighted by Crippen LogP contribution is 2.35. The second-order valence-corrected chi connectivity index (χ2v) is 3.09. The van der Waals surface area contributed by atoms with Crippen LogP contribution in [-0.2, 0) is 12.7 Å². The summed E-state index contributed by atoms with van der Waals surface area (Å²) in [6.07, 6.45) is -7.89. The van der Waals surface area contributed by atoms with E-state index in [2.05, 4.69) is 9.72 Å². The molecule has 1 rings (SSSR count). The van der Waals surface area contributed by atoms with Gasteiger partial charge in [0.2, 0.25) is 5.88 Å². The van der Waals surface area contributed by atoms with Crippen LogP contribution in [0, 0.1) is 0 Å². The maximum Gasteiger partial charge on any atom is 0.433 e. The van der Waals surface area contributed by atoms with Gasteiger partial charge in [-0.3, -0.25) is 0 Å². The third-order valence-electron chi connectivity index (χ3n) is 2.04. The first-order chi connectivity index (χ1) is 7.81. The number of nitrogens with zero attached hydrogens (tertiary/aromatic N) is 1. The van der Waals surface area contributed by atoms with Crippen molar-refractivity contribution in [2.24, 2.45) is 5.73 Å². The van der Waals surface area contributed by atoms with E-state index in [1.807, 2.05) is 0 Å². The number of aromatic nitrogens is 1. The Morgan fingerprint density at radius 1 is 1.41 bits per heavy atom. The van der Waals surface area contributed by atoms with Crippen LogP contribution in [0.5, 0.6) is 5.88 Å². The van der Waals surface area contributed by atoms with E-state index in [9.17, 15) is 22.0 Å². The molecule has 2 N–H and O–H groups in total. The first-order valence-corrected chi connectivity index (χ1v) is 4.44. The number of pyridine rings is 1. The van der Waals surface area contributed by atoms with Gasteiger partial charge in [-0.25, -0.2) is 13.8 Å². The molecule has 0 bridgehead atoms. The number of alkyl halides is 5. The minimum absolute atomic E-state index is 0.226. The third kappa shape index (κ3) is 2.82. The van der Waals surface area contributed by atoms with Crippen LogP contribution in [0.25, 0.3) is 0 Å². The van der Waals surface area contributed by atoms with Gasteiger partial charge in [-0.15, -0.1) is 0 Å². The highest BCUT2D eigenvalue weighted by Gasteiger charge is 2.35. The first kappa shape index (κ1) is 13.6. The normalized spacial score (nSPS) is 12.0. The largest absolute Gasteiger partial charge is 0.481 e. The van der Waals surface area contributed by atoms with Crippen molar-refractivity contribution < 1.29 is 26.7 Å². The molecular formula is C9H9F5N2O. The van der Waals surface area contributed by atoms with Crippen molar-refractivity contribution in [2.75, 3.05) is 7.11 Å². The summed E-state index contributed by atoms with van der Waals surface area (Å²) >= 11 is 0. The van der Waals surface area contributed by atoms with Gasteiger partial charge in [-0.1, -0.05) is 0 Å². The molecule has 0 saturated heterocycles. The summed E-state index contributed by atoms with van der Waals surface area (Å²) in [7, 11) is 1.04. The van der Waals surface area contributed by atoms with Crippen molar-refractivity contribution in [1.29, 1.82) is 0 Å². The smallest absolute Gasteiger partial charge is 0.433 e. The summed E-state index contributed by atoms with van der Waals surface area (Å²) in [5.74, 6) is -0.530. The van der Waals surface area contributed by atoms with Crippen molar-refractivity contribution in [1.82, 2.24) is 4.98 Å². The lowest BCUT2D eigenvalue weighted by molar-refractivity contribution is -0.141. The zero-order chi connectivity index (χ0) is 13.2. The van der Waals surface area contributed by atoms with Gasteiger partial charge in [0.1, 0.15) is 5.69 Å². The summed E-state index contributed by atoms with van der Waals surface area (Å²) < 4.78 is 66.9. The molecule has 3 nitrogen and oxygen atoms in total. The predicted octanol–water partition coefficient (Wildman–Crippen LogP) is 2.51. The number of nitrogens with two attached hydrogens (primary N) is 1. The molecule has 0 amide bonds. The van der Waals surface area contributed by atoms with Crippen molar-refractivity contribution in [3.8, 4) is 5.88 Å². The number of ether oxygens (including phenoxy) is 1. The number of methoxy groups -OCH3 is 1. The monoisotopic (exact) mass is 256 g/mol. The van der Waals surface area contributed by atoms with Crippen LogP contribution in [0.2, 0.25) is 0 Å². The number of rotatable bonds is 3. The van der Waals surface area contributed by atoms with Crippen LogP contribution < -0.4 is 10.5 Å². The summed E-state index contributed by atoms with van der Waals surface area (Å²) in [6, 6.07) is 0.287. The summed E-state index contributed by atoms with van der Waals surface area (Å²) in [5.41, 5.74) is 2.72. The minimum atomic E-state index is -4.82. The first-order valence-electron chi connectivity index (χ1n) is 4.44. The van der Waals surface area contributed by atoms with Crippen molar-refractivity contribution in [3.05, 3.63) is 22.9 Å². The van der Waals surface area contributed by atoms with Gasteiger partial charge >= 0.3 is 6.18 Å². The molecule has 17 heavy (non-hydrogen) atoms. The van der Waals surface area contributed by atoms with Gasteiger partial charge in [0.15, 0.2) is 0 Å². The van der Waals surface area contributed by atoms with E-state index in [-0.39, 0.29) is 18.2 Å². The minimum Gasteiger partial charge on any atom is -0.481 e. The van der Waals surface area contributed by atoms with Crippen LogP contribution in [-0.4, -0.2) is 12.1 Å². The van der Waals surface area contributed by atoms with Crippen LogP contribution in [0.4, 0.5) is 22.0 Å². The van der Waals surface area contributed by atoms with Crippen LogP contribution in [0.1, 0.15) is 23.2 Å². The van der Waals surface area contributed by atoms with E-state index >= 15 is 0 Å². The fourth-order valence-corrected chi connectivity index (χ4v) is 1.28. The average molecular weight is 256 g/mol. The molecule has 0 aromatic carbocycles. The van der Waals surface area contributed by atoms with E-state index in [1.165, 1.54) is 0 Å². The van der Waals surface area contributed by atoms with Gasteiger partial charge in [0.05, 0.1) is 7.11 Å². The average Bonchev–Trinajstić information content (AvgIpc) is 2.25. The second kappa shape index (κ2) is 4.82. The molecule has 0 aliphatic heterocycles. The Morgan fingerprint density at radius 2 is 2.00 bits per heavy atom. The zero-order valence-corrected chi connectivity index (χ0v) is 8.68. The van der Waals surface area contributed by atoms with Gasteiger partial charge in [-0.05, 0) is 6.07 Å². The molecule has 0 aliphatic rings. The van der Waals surface area contributed by atoms with Crippen molar-refractivity contribution in [3.63, 3.8) is 0 Å². The van der Waals surface area contributed by atoms with Crippen molar-refractivity contribution >= 4 is 0 Å². The summed E-state index contributed by atoms with van der Waals surface area (Å²) in [5, 5.41) is 0. The second-order valence-electron chi connectivity index (χ2n) is 3.09. The lowest BCUT2D eigenvalue weighted by atomic mass is 10.1. The maximum atomic E-state index is 12.6. The molecule has 0 fully saturated rings. The Kier molecular flexibility index (Phi) is 3.87. The molecule has 1 heterocycles. The van der Waals surface area contributed by atoms with Crippen LogP contribution >= 0.6 is 0 Å². The standard InChI is InChI=1S/C9H9F5N2O/c1-17-8-5(3-15)4(7(10)11)2-6(16-8)9(12,13)14/h2,7H,3,15H2,1H3. The van der Waals surface area contributed by atoms with Gasteiger partial charge < -0.3 is 10.5 Å². The Bertz CT molecular complexity index is 405. The Hall–Kier alpha value is -1.44. The number of hydrogen-bond donors (Lipinski definition) is 1. The van der Waals surface area contributed by atoms with E-state index in [0.717, 1.165) is 7.11 Å². The van der Waals surface area contributed by atoms with Gasteiger partial charge in [0, 0.05) is 17.7 Å². The molecule has 0 radical (unpaired) electrons. The molecular weight excluding hydrogens is 247 g/mol.